The predicted octanol–water partition coefficient (Wildman–Crippen LogP) is 9.36. The highest BCUT2D eigenvalue weighted by Gasteiger charge is 2.38. The topological polar surface area (TPSA) is 176 Å². The van der Waals surface area contributed by atoms with Crippen molar-refractivity contribution < 1.29 is 66.7 Å². The van der Waals surface area contributed by atoms with E-state index in [-0.39, 0.29) is 50.0 Å². The van der Waals surface area contributed by atoms with E-state index in [2.05, 4.69) is 53.8 Å². The number of hydrogen-bond donors (Lipinski definition) is 0. The number of esters is 6. The van der Waals surface area contributed by atoms with E-state index in [0.29, 0.717) is 30.9 Å². The van der Waals surface area contributed by atoms with Crippen LogP contribution in [0.25, 0.3) is 11.1 Å². The smallest absolute Gasteiger partial charge is 0.333 e. The molecule has 0 saturated heterocycles. The van der Waals surface area contributed by atoms with Gasteiger partial charge in [0.2, 0.25) is 0 Å². The Balaban J connectivity index is 1.86. The minimum Gasteiger partial charge on any atom is -0.492 e. The summed E-state index contributed by atoms with van der Waals surface area (Å²) in [6.45, 7) is 11.4. The van der Waals surface area contributed by atoms with Gasteiger partial charge >= 0.3 is 35.8 Å². The fourth-order valence-electron chi connectivity index (χ4n) is 6.51. The third kappa shape index (κ3) is 21.2. The lowest BCUT2D eigenvalue weighted by Crippen LogP contribution is -2.44. The maximum absolute atomic E-state index is 12.8. The molecule has 3 aromatic rings. The average molecular weight is 929 g/mol. The van der Waals surface area contributed by atoms with Crippen LogP contribution in [-0.4, -0.2) is 83.1 Å². The molecule has 0 aliphatic carbocycles. The second-order valence-electron chi connectivity index (χ2n) is 16.6. The highest BCUT2D eigenvalue weighted by Crippen LogP contribution is 2.32. The molecule has 14 heteroatoms. The van der Waals surface area contributed by atoms with Crippen molar-refractivity contribution >= 4 is 35.8 Å². The van der Waals surface area contributed by atoms with Crippen LogP contribution in [0.15, 0.2) is 91.0 Å². The molecule has 0 saturated carbocycles. The normalized spacial score (nSPS) is 10.9. The van der Waals surface area contributed by atoms with E-state index < -0.39 is 61.1 Å². The van der Waals surface area contributed by atoms with Gasteiger partial charge in [-0.05, 0) is 91.6 Å². The van der Waals surface area contributed by atoms with Crippen LogP contribution in [-0.2, 0) is 76.6 Å². The molecule has 0 bridgehead atoms. The first-order chi connectivity index (χ1) is 32.2. The summed E-state index contributed by atoms with van der Waals surface area (Å²) >= 11 is 0. The number of benzene rings is 3. The highest BCUT2D eigenvalue weighted by atomic mass is 16.6. The summed E-state index contributed by atoms with van der Waals surface area (Å²) in [6.07, 6.45) is 8.41. The van der Waals surface area contributed by atoms with Gasteiger partial charge in [-0.25, -0.2) is 9.59 Å². The van der Waals surface area contributed by atoms with Crippen molar-refractivity contribution in [2.45, 2.75) is 111 Å². The lowest BCUT2D eigenvalue weighted by Gasteiger charge is -2.32. The first-order valence-corrected chi connectivity index (χ1v) is 22.8. The summed E-state index contributed by atoms with van der Waals surface area (Å²) < 4.78 is 43.9. The number of ether oxygens (including phenoxy) is 8. The van der Waals surface area contributed by atoms with Gasteiger partial charge in [0.1, 0.15) is 49.9 Å². The Labute approximate surface area is 395 Å². The monoisotopic (exact) mass is 928 g/mol. The van der Waals surface area contributed by atoms with Gasteiger partial charge < -0.3 is 37.9 Å². The molecule has 67 heavy (non-hydrogen) atoms. The number of hydrogen-bond acceptors (Lipinski definition) is 14. The zero-order valence-electron chi connectivity index (χ0n) is 39.9. The van der Waals surface area contributed by atoms with E-state index in [0.717, 1.165) is 28.7 Å². The highest BCUT2D eigenvalue weighted by molar-refractivity contribution is 5.87. The maximum atomic E-state index is 12.8. The van der Waals surface area contributed by atoms with Gasteiger partial charge in [-0.2, -0.15) is 0 Å². The third-order valence-corrected chi connectivity index (χ3v) is 10.7. The molecule has 0 fully saturated rings. The molecule has 0 unspecified atom stereocenters. The Morgan fingerprint density at radius 2 is 1.04 bits per heavy atom. The summed E-state index contributed by atoms with van der Waals surface area (Å²) in [7, 11) is 2.39. The van der Waals surface area contributed by atoms with Crippen LogP contribution in [0, 0.1) is 5.41 Å². The Bertz CT molecular complexity index is 2050. The maximum Gasteiger partial charge on any atom is 0.333 e. The number of unbranched alkanes of at least 4 members (excludes halogenated alkanes) is 5. The van der Waals surface area contributed by atoms with Crippen molar-refractivity contribution in [1.82, 2.24) is 0 Å². The lowest BCUT2D eigenvalue weighted by molar-refractivity contribution is -0.165. The molecular formula is C53H68O14. The molecule has 0 aliphatic heterocycles. The van der Waals surface area contributed by atoms with Crippen molar-refractivity contribution in [2.24, 2.45) is 5.41 Å². The summed E-state index contributed by atoms with van der Waals surface area (Å²) in [5, 5.41) is 0. The Morgan fingerprint density at radius 1 is 0.522 bits per heavy atom. The van der Waals surface area contributed by atoms with E-state index in [1.165, 1.54) is 65.2 Å². The quantitative estimate of drug-likeness (QED) is 0.0250. The molecule has 3 rings (SSSR count). The second kappa shape index (κ2) is 30.0. The molecule has 0 radical (unpaired) electrons. The largest absolute Gasteiger partial charge is 0.492 e. The fourth-order valence-corrected chi connectivity index (χ4v) is 6.51. The number of carbonyl (C=O) groups excluding carboxylic acids is 6. The number of aryl methyl sites for hydroxylation is 2. The second-order valence-corrected chi connectivity index (χ2v) is 16.6. The summed E-state index contributed by atoms with van der Waals surface area (Å²) in [6, 6.07) is 21.9. The van der Waals surface area contributed by atoms with E-state index in [4.69, 9.17) is 28.4 Å². The van der Waals surface area contributed by atoms with Crippen molar-refractivity contribution in [3.63, 3.8) is 0 Å². The Morgan fingerprint density at radius 3 is 1.63 bits per heavy atom. The molecule has 0 atom stereocenters. The molecule has 364 valence electrons. The Hall–Kier alpha value is -6.44. The van der Waals surface area contributed by atoms with Crippen LogP contribution in [0.2, 0.25) is 0 Å². The zero-order chi connectivity index (χ0) is 49.0. The standard InChI is InChI=1S/C53H68O14/c1-8-9-10-11-12-13-15-40-17-19-41(20-18-40)33-63-45-24-21-42(22-25-45)43-23-26-46(44(32-43)16-14-31-62-51(58)38(2)3)64-34-53(37-67-52(59)39(4)5,35-65-49(56)29-27-47(54)60-6)36-66-50(57)30-28-48(55)61-7/h17-26,32H,2,4,8-16,27-31,33-37H2,1,3,5-7H3. The van der Waals surface area contributed by atoms with Crippen LogP contribution in [0.5, 0.6) is 11.5 Å². The first-order valence-electron chi connectivity index (χ1n) is 22.8. The number of methoxy groups -OCH3 is 2. The fraction of sp³-hybridized carbons (Fsp3) is 0.472. The number of carbonyl (C=O) groups is 6. The van der Waals surface area contributed by atoms with Crippen LogP contribution in [0.4, 0.5) is 0 Å². The van der Waals surface area contributed by atoms with Crippen LogP contribution >= 0.6 is 0 Å². The van der Waals surface area contributed by atoms with Gasteiger partial charge in [0, 0.05) is 11.1 Å². The Kier molecular flexibility index (Phi) is 24.5. The molecule has 0 aliphatic rings. The minimum absolute atomic E-state index is 0.0911. The van der Waals surface area contributed by atoms with Crippen LogP contribution in [0.1, 0.15) is 108 Å². The van der Waals surface area contributed by atoms with E-state index >= 15 is 0 Å². The van der Waals surface area contributed by atoms with Gasteiger partial charge in [0.15, 0.2) is 0 Å². The number of rotatable bonds is 32. The molecule has 0 N–H and O–H groups in total. The van der Waals surface area contributed by atoms with Gasteiger partial charge in [-0.15, -0.1) is 0 Å². The molecule has 0 spiro atoms. The predicted molar refractivity (Wildman–Crippen MR) is 252 cm³/mol. The SMILES string of the molecule is C=C(C)C(=O)OCCCc1cc(-c2ccc(OCc3ccc(CCCCCCCC)cc3)cc2)ccc1OCC(COC(=O)CCC(=O)OC)(COC(=O)CCC(=O)OC)COC(=O)C(=C)C. The minimum atomic E-state index is -1.49. The lowest BCUT2D eigenvalue weighted by atomic mass is 9.91. The first kappa shape index (κ1) is 54.9. The molecule has 3 aromatic carbocycles. The van der Waals surface area contributed by atoms with Crippen molar-refractivity contribution in [3.8, 4) is 22.6 Å². The van der Waals surface area contributed by atoms with E-state index in [1.807, 2.05) is 36.4 Å². The van der Waals surface area contributed by atoms with Crippen LogP contribution in [0.3, 0.4) is 0 Å². The van der Waals surface area contributed by atoms with Crippen LogP contribution < -0.4 is 9.47 Å². The molecule has 0 heterocycles. The molecular weight excluding hydrogens is 861 g/mol. The van der Waals surface area contributed by atoms with Crippen molar-refractivity contribution in [3.05, 3.63) is 108 Å². The van der Waals surface area contributed by atoms with E-state index in [1.54, 1.807) is 13.0 Å². The summed E-state index contributed by atoms with van der Waals surface area (Å²) in [5.41, 5.74) is 3.76. The van der Waals surface area contributed by atoms with Gasteiger partial charge in [-0.1, -0.05) is 94.7 Å². The molecule has 0 amide bonds. The molecule has 14 nitrogen and oxygen atoms in total. The van der Waals surface area contributed by atoms with E-state index in [9.17, 15) is 28.8 Å². The summed E-state index contributed by atoms with van der Waals surface area (Å²) in [4.78, 5) is 74.0. The average Bonchev–Trinajstić information content (AvgIpc) is 3.33. The van der Waals surface area contributed by atoms with Gasteiger partial charge in [-0.3, -0.25) is 19.2 Å². The molecule has 0 aromatic heterocycles. The third-order valence-electron chi connectivity index (χ3n) is 10.7. The van der Waals surface area contributed by atoms with Gasteiger partial charge in [0.25, 0.3) is 0 Å². The zero-order valence-corrected chi connectivity index (χ0v) is 39.9. The van der Waals surface area contributed by atoms with Crippen molar-refractivity contribution in [1.29, 1.82) is 0 Å². The van der Waals surface area contributed by atoms with Gasteiger partial charge in [0.05, 0.1) is 46.5 Å². The summed E-state index contributed by atoms with van der Waals surface area (Å²) in [5.74, 6) is -2.93. The van der Waals surface area contributed by atoms with Crippen molar-refractivity contribution in [2.75, 3.05) is 47.3 Å².